The molecule has 5 heteroatoms. The molecule has 1 aromatic rings. The summed E-state index contributed by atoms with van der Waals surface area (Å²) in [6, 6.07) is 0.585. The van der Waals surface area contributed by atoms with Crippen molar-refractivity contribution in [2.24, 2.45) is 5.73 Å². The number of ether oxygens (including phenoxy) is 1. The van der Waals surface area contributed by atoms with Crippen LogP contribution in [0.4, 0.5) is 5.82 Å². The first-order chi connectivity index (χ1) is 8.69. The molecule has 0 aromatic carbocycles. The average molecular weight is 250 g/mol. The third-order valence-corrected chi connectivity index (χ3v) is 3.56. The Morgan fingerprint density at radius 2 is 2.06 bits per heavy atom. The highest BCUT2D eigenvalue weighted by Crippen LogP contribution is 2.33. The van der Waals surface area contributed by atoms with E-state index in [2.05, 4.69) is 22.0 Å². The molecule has 0 atom stereocenters. The lowest BCUT2D eigenvalue weighted by atomic mass is 10.1. The molecule has 18 heavy (non-hydrogen) atoms. The normalized spacial score (nSPS) is 14.9. The largest absolute Gasteiger partial charge is 0.383 e. The third-order valence-electron chi connectivity index (χ3n) is 3.56. The van der Waals surface area contributed by atoms with Crippen molar-refractivity contribution in [2.45, 2.75) is 39.3 Å². The summed E-state index contributed by atoms with van der Waals surface area (Å²) in [4.78, 5) is 2.30. The van der Waals surface area contributed by atoms with E-state index in [9.17, 15) is 0 Å². The molecule has 0 unspecified atom stereocenters. The highest BCUT2D eigenvalue weighted by atomic mass is 16.5. The summed E-state index contributed by atoms with van der Waals surface area (Å²) in [7, 11) is 1.72. The van der Waals surface area contributed by atoms with Gasteiger partial charge in [-0.1, -0.05) is 0 Å². The summed E-state index contributed by atoms with van der Waals surface area (Å²) in [5.41, 5.74) is 9.12. The molecule has 2 rings (SSSR count). The van der Waals surface area contributed by atoms with Crippen molar-refractivity contribution in [3.05, 3.63) is 16.8 Å². The van der Waals surface area contributed by atoms with Gasteiger partial charge in [-0.15, -0.1) is 5.10 Å². The number of hydrogen-bond donors (Lipinski definition) is 1. The zero-order valence-electron chi connectivity index (χ0n) is 11.4. The molecule has 1 fully saturated rings. The highest BCUT2D eigenvalue weighted by molar-refractivity contribution is 5.52. The van der Waals surface area contributed by atoms with Crippen LogP contribution in [-0.2, 0) is 11.3 Å². The first kappa shape index (κ1) is 13.2. The molecule has 0 bridgehead atoms. The second-order valence-corrected chi connectivity index (χ2v) is 4.83. The molecule has 2 N–H and O–H groups in total. The zero-order chi connectivity index (χ0) is 13.1. The first-order valence-electron chi connectivity index (χ1n) is 6.47. The number of anilines is 1. The second kappa shape index (κ2) is 5.63. The maximum absolute atomic E-state index is 5.88. The fourth-order valence-electron chi connectivity index (χ4n) is 2.16. The van der Waals surface area contributed by atoms with Crippen LogP contribution >= 0.6 is 0 Å². The first-order valence-corrected chi connectivity index (χ1v) is 6.47. The molecule has 0 aliphatic heterocycles. The molecule has 5 nitrogen and oxygen atoms in total. The van der Waals surface area contributed by atoms with Crippen LogP contribution < -0.4 is 10.6 Å². The minimum atomic E-state index is 0.508. The maximum Gasteiger partial charge on any atom is 0.156 e. The van der Waals surface area contributed by atoms with Crippen molar-refractivity contribution in [1.29, 1.82) is 0 Å². The summed E-state index contributed by atoms with van der Waals surface area (Å²) in [5, 5.41) is 8.60. The van der Waals surface area contributed by atoms with Gasteiger partial charge in [-0.25, -0.2) is 0 Å². The molecule has 1 saturated carbocycles. The molecular formula is C13H22N4O. The summed E-state index contributed by atoms with van der Waals surface area (Å²) < 4.78 is 5.18. The fraction of sp³-hybridized carbons (Fsp3) is 0.692. The van der Waals surface area contributed by atoms with E-state index in [0.717, 1.165) is 29.2 Å². The van der Waals surface area contributed by atoms with Gasteiger partial charge in [0.25, 0.3) is 0 Å². The van der Waals surface area contributed by atoms with Crippen LogP contribution in [0.15, 0.2) is 0 Å². The summed E-state index contributed by atoms with van der Waals surface area (Å²) in [6.45, 7) is 6.10. The third kappa shape index (κ3) is 2.62. The van der Waals surface area contributed by atoms with Crippen molar-refractivity contribution in [2.75, 3.05) is 25.2 Å². The van der Waals surface area contributed by atoms with E-state index >= 15 is 0 Å². The quantitative estimate of drug-likeness (QED) is 0.821. The molecule has 100 valence electrons. The van der Waals surface area contributed by atoms with Crippen molar-refractivity contribution in [3.8, 4) is 0 Å². The molecule has 1 aromatic heterocycles. The standard InChI is InChI=1S/C13H22N4O/c1-9-10(2)15-16-13(12(9)8-14)17(6-7-18-3)11-4-5-11/h11H,4-8,14H2,1-3H3. The van der Waals surface area contributed by atoms with Gasteiger partial charge >= 0.3 is 0 Å². The number of nitrogens with two attached hydrogens (primary N) is 1. The minimum absolute atomic E-state index is 0.508. The lowest BCUT2D eigenvalue weighted by molar-refractivity contribution is 0.204. The molecule has 1 aliphatic rings. The van der Waals surface area contributed by atoms with Crippen molar-refractivity contribution in [1.82, 2.24) is 10.2 Å². The number of aryl methyl sites for hydroxylation is 1. The Morgan fingerprint density at radius 3 is 2.61 bits per heavy atom. The Labute approximate surface area is 108 Å². The fourth-order valence-corrected chi connectivity index (χ4v) is 2.16. The van der Waals surface area contributed by atoms with Gasteiger partial charge in [0.2, 0.25) is 0 Å². The van der Waals surface area contributed by atoms with Gasteiger partial charge in [-0.3, -0.25) is 0 Å². The van der Waals surface area contributed by atoms with Crippen molar-refractivity contribution < 1.29 is 4.74 Å². The van der Waals surface area contributed by atoms with E-state index in [1.165, 1.54) is 12.8 Å². The zero-order valence-corrected chi connectivity index (χ0v) is 11.4. The SMILES string of the molecule is COCCN(c1nnc(C)c(C)c1CN)C1CC1. The average Bonchev–Trinajstić information content (AvgIpc) is 3.18. The Morgan fingerprint density at radius 1 is 1.33 bits per heavy atom. The Balaban J connectivity index is 2.31. The molecule has 0 saturated heterocycles. The van der Waals surface area contributed by atoms with Gasteiger partial charge in [-0.2, -0.15) is 5.10 Å². The van der Waals surface area contributed by atoms with Crippen molar-refractivity contribution in [3.63, 3.8) is 0 Å². The summed E-state index contributed by atoms with van der Waals surface area (Å²) in [5.74, 6) is 0.945. The van der Waals surface area contributed by atoms with Gasteiger partial charge < -0.3 is 15.4 Å². The number of nitrogens with zero attached hydrogens (tertiary/aromatic N) is 3. The van der Waals surface area contributed by atoms with E-state index in [4.69, 9.17) is 10.5 Å². The van der Waals surface area contributed by atoms with Gasteiger partial charge in [0.15, 0.2) is 5.82 Å². The topological polar surface area (TPSA) is 64.3 Å². The predicted octanol–water partition coefficient (Wildman–Crippen LogP) is 1.17. The van der Waals surface area contributed by atoms with Crippen LogP contribution in [0, 0.1) is 13.8 Å². The predicted molar refractivity (Wildman–Crippen MR) is 71.6 cm³/mol. The summed E-state index contributed by atoms with van der Waals surface area (Å²) in [6.07, 6.45) is 2.45. The Hall–Kier alpha value is -1.20. The van der Waals surface area contributed by atoms with Gasteiger partial charge in [0.1, 0.15) is 0 Å². The van der Waals surface area contributed by atoms with Gasteiger partial charge in [0, 0.05) is 31.8 Å². The number of methoxy groups -OCH3 is 1. The van der Waals surface area contributed by atoms with Gasteiger partial charge in [-0.05, 0) is 32.3 Å². The van der Waals surface area contributed by atoms with Crippen molar-refractivity contribution >= 4 is 5.82 Å². The minimum Gasteiger partial charge on any atom is -0.383 e. The van der Waals surface area contributed by atoms with E-state index < -0.39 is 0 Å². The molecule has 0 amide bonds. The monoisotopic (exact) mass is 250 g/mol. The van der Waals surface area contributed by atoms with E-state index in [1.54, 1.807) is 7.11 Å². The molecule has 1 aliphatic carbocycles. The van der Waals surface area contributed by atoms with E-state index in [-0.39, 0.29) is 0 Å². The number of hydrogen-bond acceptors (Lipinski definition) is 5. The van der Waals surface area contributed by atoms with Gasteiger partial charge in [0.05, 0.1) is 12.3 Å². The lowest BCUT2D eigenvalue weighted by Crippen LogP contribution is -2.32. The molecular weight excluding hydrogens is 228 g/mol. The van der Waals surface area contributed by atoms with Crippen LogP contribution in [0.25, 0.3) is 0 Å². The van der Waals surface area contributed by atoms with Crippen LogP contribution in [-0.4, -0.2) is 36.5 Å². The van der Waals surface area contributed by atoms with Crippen LogP contribution in [0.1, 0.15) is 29.7 Å². The van der Waals surface area contributed by atoms with Crippen LogP contribution in [0.3, 0.4) is 0 Å². The Kier molecular flexibility index (Phi) is 4.14. The number of rotatable bonds is 6. The van der Waals surface area contributed by atoms with E-state index in [1.807, 2.05) is 6.92 Å². The second-order valence-electron chi connectivity index (χ2n) is 4.83. The lowest BCUT2D eigenvalue weighted by Gasteiger charge is -2.25. The van der Waals surface area contributed by atoms with Crippen LogP contribution in [0.2, 0.25) is 0 Å². The summed E-state index contributed by atoms with van der Waals surface area (Å²) >= 11 is 0. The molecule has 0 radical (unpaired) electrons. The van der Waals surface area contributed by atoms with E-state index in [0.29, 0.717) is 19.2 Å². The molecule has 1 heterocycles. The molecule has 0 spiro atoms. The Bertz CT molecular complexity index is 418. The van der Waals surface area contributed by atoms with Crippen LogP contribution in [0.5, 0.6) is 0 Å². The highest BCUT2D eigenvalue weighted by Gasteiger charge is 2.31. The maximum atomic E-state index is 5.88. The number of aromatic nitrogens is 2. The smallest absolute Gasteiger partial charge is 0.156 e.